The van der Waals surface area contributed by atoms with E-state index in [0.717, 1.165) is 6.42 Å². The van der Waals surface area contributed by atoms with Crippen molar-refractivity contribution in [3.63, 3.8) is 0 Å². The molecule has 14 heavy (non-hydrogen) atoms. The zero-order chi connectivity index (χ0) is 11.0. The van der Waals surface area contributed by atoms with Crippen LogP contribution in [-0.4, -0.2) is 31.2 Å². The van der Waals surface area contributed by atoms with Gasteiger partial charge in [0.2, 0.25) is 5.91 Å². The predicted molar refractivity (Wildman–Crippen MR) is 60.1 cm³/mol. The van der Waals surface area contributed by atoms with E-state index in [0.29, 0.717) is 24.6 Å². The smallest absolute Gasteiger partial charge is 0.220 e. The quantitative estimate of drug-likeness (QED) is 0.481. The number of nitrogens with one attached hydrogen (secondary N) is 1. The predicted octanol–water partition coefficient (Wildman–Crippen LogP) is 0.451. The lowest BCUT2D eigenvalue weighted by Gasteiger charge is -2.10. The maximum atomic E-state index is 11.2. The second kappa shape index (κ2) is 7.70. The molecule has 0 bridgehead atoms. The summed E-state index contributed by atoms with van der Waals surface area (Å²) < 4.78 is 4.84. The molecule has 1 atom stereocenters. The second-order valence-electron chi connectivity index (χ2n) is 3.20. The van der Waals surface area contributed by atoms with Crippen molar-refractivity contribution in [1.82, 2.24) is 5.32 Å². The number of carbonyl (C=O) groups is 1. The highest BCUT2D eigenvalue weighted by Crippen LogP contribution is 1.94. The van der Waals surface area contributed by atoms with Crippen molar-refractivity contribution in [2.75, 3.05) is 20.3 Å². The molecule has 0 aliphatic rings. The summed E-state index contributed by atoms with van der Waals surface area (Å²) in [5.41, 5.74) is 5.40. The van der Waals surface area contributed by atoms with Crippen molar-refractivity contribution in [2.24, 2.45) is 11.7 Å². The van der Waals surface area contributed by atoms with Crippen LogP contribution in [0, 0.1) is 5.92 Å². The number of thiocarbonyl (C=S) groups is 1. The van der Waals surface area contributed by atoms with Crippen molar-refractivity contribution in [3.8, 4) is 0 Å². The van der Waals surface area contributed by atoms with Gasteiger partial charge in [0.05, 0.1) is 4.99 Å². The van der Waals surface area contributed by atoms with Crippen LogP contribution in [0.4, 0.5) is 0 Å². The first-order chi connectivity index (χ1) is 6.57. The lowest BCUT2D eigenvalue weighted by atomic mass is 10.2. The Morgan fingerprint density at radius 2 is 2.29 bits per heavy atom. The molecule has 1 unspecified atom stereocenters. The molecule has 5 heteroatoms. The standard InChI is InChI=1S/C9H18N2O2S/c1-7(9(10)14)6-11-8(12)4-3-5-13-2/h7H,3-6H2,1-2H3,(H2,10,14)(H,11,12). The summed E-state index contributed by atoms with van der Waals surface area (Å²) in [5, 5.41) is 2.76. The molecule has 0 aromatic carbocycles. The van der Waals surface area contributed by atoms with Crippen LogP contribution in [0.25, 0.3) is 0 Å². The summed E-state index contributed by atoms with van der Waals surface area (Å²) in [4.78, 5) is 11.6. The van der Waals surface area contributed by atoms with E-state index in [9.17, 15) is 4.79 Å². The molecule has 3 N–H and O–H groups in total. The van der Waals surface area contributed by atoms with Gasteiger partial charge in [0.1, 0.15) is 0 Å². The van der Waals surface area contributed by atoms with Crippen LogP contribution < -0.4 is 11.1 Å². The fourth-order valence-corrected chi connectivity index (χ4v) is 0.916. The second-order valence-corrected chi connectivity index (χ2v) is 3.68. The first-order valence-electron chi connectivity index (χ1n) is 4.63. The average molecular weight is 218 g/mol. The van der Waals surface area contributed by atoms with Crippen LogP contribution in [0.2, 0.25) is 0 Å². The van der Waals surface area contributed by atoms with Gasteiger partial charge in [-0.3, -0.25) is 4.79 Å². The lowest BCUT2D eigenvalue weighted by Crippen LogP contribution is -2.33. The fraction of sp³-hybridized carbons (Fsp3) is 0.778. The topological polar surface area (TPSA) is 64.3 Å². The summed E-state index contributed by atoms with van der Waals surface area (Å²) in [6.07, 6.45) is 1.22. The number of rotatable bonds is 7. The van der Waals surface area contributed by atoms with Crippen molar-refractivity contribution < 1.29 is 9.53 Å². The molecule has 0 rings (SSSR count). The van der Waals surface area contributed by atoms with Crippen molar-refractivity contribution in [1.29, 1.82) is 0 Å². The van der Waals surface area contributed by atoms with Gasteiger partial charge in [-0.25, -0.2) is 0 Å². The van der Waals surface area contributed by atoms with E-state index in [-0.39, 0.29) is 11.8 Å². The first kappa shape index (κ1) is 13.3. The summed E-state index contributed by atoms with van der Waals surface area (Å²) in [6, 6.07) is 0. The average Bonchev–Trinajstić information content (AvgIpc) is 2.14. The van der Waals surface area contributed by atoms with Gasteiger partial charge in [0.15, 0.2) is 0 Å². The molecule has 82 valence electrons. The molecular formula is C9H18N2O2S. The maximum absolute atomic E-state index is 11.2. The number of hydrogen-bond donors (Lipinski definition) is 2. The molecular weight excluding hydrogens is 200 g/mol. The van der Waals surface area contributed by atoms with Gasteiger partial charge < -0.3 is 15.8 Å². The zero-order valence-corrected chi connectivity index (χ0v) is 9.52. The van der Waals surface area contributed by atoms with Gasteiger partial charge in [-0.15, -0.1) is 0 Å². The minimum Gasteiger partial charge on any atom is -0.393 e. The number of carbonyl (C=O) groups excluding carboxylic acids is 1. The Bertz CT molecular complexity index is 197. The molecule has 0 aromatic rings. The summed E-state index contributed by atoms with van der Waals surface area (Å²) in [6.45, 7) is 3.01. The first-order valence-corrected chi connectivity index (χ1v) is 5.03. The van der Waals surface area contributed by atoms with Crippen LogP contribution in [0.15, 0.2) is 0 Å². The number of nitrogens with two attached hydrogens (primary N) is 1. The van der Waals surface area contributed by atoms with Crippen molar-refractivity contribution >= 4 is 23.1 Å². The van der Waals surface area contributed by atoms with Crippen molar-refractivity contribution in [3.05, 3.63) is 0 Å². The van der Waals surface area contributed by atoms with Gasteiger partial charge in [0, 0.05) is 32.6 Å². The van der Waals surface area contributed by atoms with Crippen molar-refractivity contribution in [2.45, 2.75) is 19.8 Å². The fourth-order valence-electron chi connectivity index (χ4n) is 0.833. The minimum absolute atomic E-state index is 0.0187. The molecule has 4 nitrogen and oxygen atoms in total. The van der Waals surface area contributed by atoms with E-state index >= 15 is 0 Å². The third kappa shape index (κ3) is 6.80. The molecule has 1 amide bonds. The Labute approximate surface area is 90.2 Å². The molecule has 0 spiro atoms. The summed E-state index contributed by atoms with van der Waals surface area (Å²) >= 11 is 4.78. The molecule has 0 saturated heterocycles. The Morgan fingerprint density at radius 1 is 1.64 bits per heavy atom. The Morgan fingerprint density at radius 3 is 2.79 bits per heavy atom. The summed E-state index contributed by atoms with van der Waals surface area (Å²) in [7, 11) is 1.62. The van der Waals surface area contributed by atoms with Crippen LogP contribution in [0.3, 0.4) is 0 Å². The van der Waals surface area contributed by atoms with Gasteiger partial charge in [-0.2, -0.15) is 0 Å². The molecule has 0 radical (unpaired) electrons. The minimum atomic E-state index is 0.0187. The Hall–Kier alpha value is -0.680. The number of methoxy groups -OCH3 is 1. The van der Waals surface area contributed by atoms with Crippen LogP contribution in [-0.2, 0) is 9.53 Å². The van der Waals surface area contributed by atoms with Gasteiger partial charge >= 0.3 is 0 Å². The number of amides is 1. The number of hydrogen-bond acceptors (Lipinski definition) is 3. The molecule has 0 fully saturated rings. The Balaban J connectivity index is 3.48. The highest BCUT2D eigenvalue weighted by Gasteiger charge is 2.06. The van der Waals surface area contributed by atoms with E-state index in [2.05, 4.69) is 5.32 Å². The number of ether oxygens (including phenoxy) is 1. The maximum Gasteiger partial charge on any atom is 0.220 e. The van der Waals surface area contributed by atoms with Crippen LogP contribution in [0.1, 0.15) is 19.8 Å². The molecule has 0 aliphatic heterocycles. The van der Waals surface area contributed by atoms with Crippen LogP contribution >= 0.6 is 12.2 Å². The van der Waals surface area contributed by atoms with E-state index in [4.69, 9.17) is 22.7 Å². The zero-order valence-electron chi connectivity index (χ0n) is 8.71. The van der Waals surface area contributed by atoms with E-state index in [1.165, 1.54) is 0 Å². The third-order valence-corrected chi connectivity index (χ3v) is 2.25. The third-order valence-electron chi connectivity index (χ3n) is 1.84. The van der Waals surface area contributed by atoms with E-state index in [1.807, 2.05) is 6.92 Å². The lowest BCUT2D eigenvalue weighted by molar-refractivity contribution is -0.121. The normalized spacial score (nSPS) is 12.1. The molecule has 0 heterocycles. The highest BCUT2D eigenvalue weighted by molar-refractivity contribution is 7.80. The van der Waals surface area contributed by atoms with Gasteiger partial charge in [-0.05, 0) is 6.42 Å². The van der Waals surface area contributed by atoms with E-state index in [1.54, 1.807) is 7.11 Å². The van der Waals surface area contributed by atoms with Crippen LogP contribution in [0.5, 0.6) is 0 Å². The highest BCUT2D eigenvalue weighted by atomic mass is 32.1. The molecule has 0 saturated carbocycles. The SMILES string of the molecule is COCCCC(=O)NCC(C)C(N)=S. The van der Waals surface area contributed by atoms with E-state index < -0.39 is 0 Å². The summed E-state index contributed by atoms with van der Waals surface area (Å²) in [5.74, 6) is 0.0709. The van der Waals surface area contributed by atoms with Gasteiger partial charge in [-0.1, -0.05) is 19.1 Å². The Kier molecular flexibility index (Phi) is 7.32. The van der Waals surface area contributed by atoms with Gasteiger partial charge in [0.25, 0.3) is 0 Å². The monoisotopic (exact) mass is 218 g/mol. The molecule has 0 aliphatic carbocycles. The molecule has 0 aromatic heterocycles. The largest absolute Gasteiger partial charge is 0.393 e.